The van der Waals surface area contributed by atoms with E-state index in [-0.39, 0.29) is 0 Å². The van der Waals surface area contributed by atoms with Gasteiger partial charge in [0.2, 0.25) is 0 Å². The van der Waals surface area contributed by atoms with Crippen molar-refractivity contribution in [3.05, 3.63) is 69.9 Å². The van der Waals surface area contributed by atoms with Crippen molar-refractivity contribution in [3.63, 3.8) is 0 Å². The highest BCUT2D eigenvalue weighted by Crippen LogP contribution is 2.27. The first kappa shape index (κ1) is 15.1. The average Bonchev–Trinajstić information content (AvgIpc) is 2.49. The van der Waals surface area contributed by atoms with E-state index < -0.39 is 0 Å². The van der Waals surface area contributed by atoms with Crippen LogP contribution in [-0.4, -0.2) is 9.97 Å². The van der Waals surface area contributed by atoms with Crippen LogP contribution in [0.2, 0.25) is 15.3 Å². The van der Waals surface area contributed by atoms with Crippen molar-refractivity contribution in [3.8, 4) is 22.9 Å². The molecule has 0 radical (unpaired) electrons. The smallest absolute Gasteiger partial charge is 0.162 e. The van der Waals surface area contributed by atoms with Crippen molar-refractivity contribution in [2.75, 3.05) is 0 Å². The first-order valence-corrected chi connectivity index (χ1v) is 7.47. The normalized spacial score (nSPS) is 10.5. The molecule has 3 nitrogen and oxygen atoms in total. The summed E-state index contributed by atoms with van der Waals surface area (Å²) >= 11 is 17.7. The number of hydrogen-bond donors (Lipinski definition) is 0. The maximum atomic E-state index is 5.91. The third-order valence-corrected chi connectivity index (χ3v) is 3.44. The third-order valence-electron chi connectivity index (χ3n) is 2.81. The zero-order chi connectivity index (χ0) is 15.5. The van der Waals surface area contributed by atoms with Gasteiger partial charge in [-0.2, -0.15) is 0 Å². The Hall–Kier alpha value is -1.81. The van der Waals surface area contributed by atoms with E-state index in [1.807, 2.05) is 24.3 Å². The van der Waals surface area contributed by atoms with Crippen molar-refractivity contribution in [1.82, 2.24) is 9.97 Å². The van der Waals surface area contributed by atoms with Gasteiger partial charge in [-0.1, -0.05) is 46.9 Å². The molecule has 1 aromatic heterocycles. The Bertz CT molecular complexity index is 786. The molecule has 0 amide bonds. The molecule has 0 aliphatic carbocycles. The van der Waals surface area contributed by atoms with Gasteiger partial charge in [0, 0.05) is 16.7 Å². The highest BCUT2D eigenvalue weighted by atomic mass is 35.5. The summed E-state index contributed by atoms with van der Waals surface area (Å²) in [5.74, 6) is 1.78. The Morgan fingerprint density at radius 2 is 1.41 bits per heavy atom. The minimum Gasteiger partial charge on any atom is -0.457 e. The van der Waals surface area contributed by atoms with E-state index in [1.165, 1.54) is 6.07 Å². The second kappa shape index (κ2) is 6.53. The van der Waals surface area contributed by atoms with E-state index in [0.717, 1.165) is 5.56 Å². The van der Waals surface area contributed by atoms with Crippen LogP contribution in [0.4, 0.5) is 0 Å². The molecule has 2 aromatic carbocycles. The minimum atomic E-state index is 0.291. The number of ether oxygens (including phenoxy) is 1. The molecule has 0 bridgehead atoms. The molecule has 22 heavy (non-hydrogen) atoms. The Balaban J connectivity index is 1.90. The standard InChI is InChI=1S/C16H9Cl3N2O/c17-11-4-6-12(7-5-11)22-13-3-1-2-10(8-13)16-20-14(18)9-15(19)21-16/h1-9H. The lowest BCUT2D eigenvalue weighted by Gasteiger charge is -2.07. The lowest BCUT2D eigenvalue weighted by atomic mass is 10.2. The van der Waals surface area contributed by atoms with Gasteiger partial charge in [-0.25, -0.2) is 9.97 Å². The van der Waals surface area contributed by atoms with Crippen LogP contribution in [0.15, 0.2) is 54.6 Å². The third kappa shape index (κ3) is 3.69. The van der Waals surface area contributed by atoms with E-state index >= 15 is 0 Å². The number of rotatable bonds is 3. The van der Waals surface area contributed by atoms with E-state index in [4.69, 9.17) is 39.5 Å². The first-order chi connectivity index (χ1) is 10.6. The number of nitrogens with zero attached hydrogens (tertiary/aromatic N) is 2. The molecule has 0 saturated carbocycles. The van der Waals surface area contributed by atoms with Gasteiger partial charge < -0.3 is 4.74 Å². The minimum absolute atomic E-state index is 0.291. The lowest BCUT2D eigenvalue weighted by molar-refractivity contribution is 0.483. The molecule has 3 rings (SSSR count). The molecule has 6 heteroatoms. The molecule has 0 saturated heterocycles. The van der Waals surface area contributed by atoms with Crippen LogP contribution in [0.3, 0.4) is 0 Å². The van der Waals surface area contributed by atoms with Gasteiger partial charge in [-0.05, 0) is 36.4 Å². The number of hydrogen-bond acceptors (Lipinski definition) is 3. The van der Waals surface area contributed by atoms with Crippen LogP contribution in [0.1, 0.15) is 0 Å². The Morgan fingerprint density at radius 1 is 0.727 bits per heavy atom. The van der Waals surface area contributed by atoms with Gasteiger partial charge in [0.05, 0.1) is 0 Å². The molecule has 0 aliphatic rings. The summed E-state index contributed by atoms with van der Waals surface area (Å²) in [5.41, 5.74) is 0.760. The second-order valence-electron chi connectivity index (χ2n) is 4.42. The number of aromatic nitrogens is 2. The summed E-state index contributed by atoms with van der Waals surface area (Å²) < 4.78 is 5.78. The van der Waals surface area contributed by atoms with Crippen LogP contribution in [0.25, 0.3) is 11.4 Å². The maximum absolute atomic E-state index is 5.91. The summed E-state index contributed by atoms with van der Waals surface area (Å²) in [7, 11) is 0. The molecular weight excluding hydrogens is 343 g/mol. The average molecular weight is 352 g/mol. The Kier molecular flexibility index (Phi) is 4.48. The maximum Gasteiger partial charge on any atom is 0.162 e. The molecule has 0 N–H and O–H groups in total. The van der Waals surface area contributed by atoms with Crippen molar-refractivity contribution >= 4 is 34.8 Å². The monoisotopic (exact) mass is 350 g/mol. The van der Waals surface area contributed by atoms with Crippen LogP contribution in [0.5, 0.6) is 11.5 Å². The topological polar surface area (TPSA) is 35.0 Å². The Morgan fingerprint density at radius 3 is 2.09 bits per heavy atom. The van der Waals surface area contributed by atoms with Crippen LogP contribution in [-0.2, 0) is 0 Å². The van der Waals surface area contributed by atoms with E-state index in [9.17, 15) is 0 Å². The van der Waals surface area contributed by atoms with Gasteiger partial charge >= 0.3 is 0 Å². The van der Waals surface area contributed by atoms with Gasteiger partial charge in [0.1, 0.15) is 21.8 Å². The van der Waals surface area contributed by atoms with Crippen molar-refractivity contribution in [1.29, 1.82) is 0 Å². The largest absolute Gasteiger partial charge is 0.457 e. The molecule has 0 spiro atoms. The fraction of sp³-hybridized carbons (Fsp3) is 0. The molecule has 110 valence electrons. The molecule has 0 atom stereocenters. The van der Waals surface area contributed by atoms with Gasteiger partial charge in [0.15, 0.2) is 5.82 Å². The van der Waals surface area contributed by atoms with Crippen LogP contribution >= 0.6 is 34.8 Å². The van der Waals surface area contributed by atoms with E-state index in [0.29, 0.717) is 32.7 Å². The fourth-order valence-electron chi connectivity index (χ4n) is 1.86. The molecule has 0 unspecified atom stereocenters. The lowest BCUT2D eigenvalue weighted by Crippen LogP contribution is -1.91. The van der Waals surface area contributed by atoms with Crippen molar-refractivity contribution in [2.45, 2.75) is 0 Å². The van der Waals surface area contributed by atoms with Crippen LogP contribution in [0, 0.1) is 0 Å². The second-order valence-corrected chi connectivity index (χ2v) is 5.63. The molecular formula is C16H9Cl3N2O. The van der Waals surface area contributed by atoms with E-state index in [1.54, 1.807) is 24.3 Å². The molecule has 1 heterocycles. The van der Waals surface area contributed by atoms with Crippen LogP contribution < -0.4 is 4.74 Å². The summed E-state index contributed by atoms with van der Waals surface area (Å²) in [6.07, 6.45) is 0. The summed E-state index contributed by atoms with van der Waals surface area (Å²) in [4.78, 5) is 8.32. The predicted molar refractivity (Wildman–Crippen MR) is 89.0 cm³/mol. The molecule has 0 aliphatic heterocycles. The Labute approximate surface area is 142 Å². The molecule has 0 fully saturated rings. The summed E-state index contributed by atoms with van der Waals surface area (Å²) in [5, 5.41) is 1.24. The number of halogens is 3. The predicted octanol–water partition coefficient (Wildman–Crippen LogP) is 5.90. The highest BCUT2D eigenvalue weighted by molar-refractivity contribution is 6.33. The molecule has 3 aromatic rings. The number of benzene rings is 2. The fourth-order valence-corrected chi connectivity index (χ4v) is 2.41. The van der Waals surface area contributed by atoms with Crippen molar-refractivity contribution in [2.24, 2.45) is 0 Å². The zero-order valence-electron chi connectivity index (χ0n) is 11.1. The van der Waals surface area contributed by atoms with E-state index in [2.05, 4.69) is 9.97 Å². The zero-order valence-corrected chi connectivity index (χ0v) is 13.4. The quantitative estimate of drug-likeness (QED) is 0.551. The van der Waals surface area contributed by atoms with Gasteiger partial charge in [0.25, 0.3) is 0 Å². The summed E-state index contributed by atoms with van der Waals surface area (Å²) in [6, 6.07) is 16.0. The first-order valence-electron chi connectivity index (χ1n) is 6.34. The summed E-state index contributed by atoms with van der Waals surface area (Å²) in [6.45, 7) is 0. The van der Waals surface area contributed by atoms with Crippen molar-refractivity contribution < 1.29 is 4.74 Å². The van der Waals surface area contributed by atoms with Gasteiger partial charge in [-0.3, -0.25) is 0 Å². The van der Waals surface area contributed by atoms with Gasteiger partial charge in [-0.15, -0.1) is 0 Å². The SMILES string of the molecule is Clc1ccc(Oc2cccc(-c3nc(Cl)cc(Cl)n3)c2)cc1. The highest BCUT2D eigenvalue weighted by Gasteiger charge is 2.07.